The van der Waals surface area contributed by atoms with Gasteiger partial charge in [-0.25, -0.2) is 0 Å². The summed E-state index contributed by atoms with van der Waals surface area (Å²) in [6.45, 7) is 6.57. The number of oxime groups is 1. The standard InChI is InChI=1S/C18H23F3N2O/c1-13(2)16-10-17(24-22-16)8-3-9-23(12-17)11-14-4-6-15(7-5-14)18(19,20)21/h4-7,13H,3,8-12H2,1-2H3. The van der Waals surface area contributed by atoms with E-state index in [1.807, 2.05) is 0 Å². The van der Waals surface area contributed by atoms with E-state index in [0.29, 0.717) is 12.5 Å². The molecule has 1 aromatic carbocycles. The van der Waals surface area contributed by atoms with Crippen molar-refractivity contribution >= 4 is 5.71 Å². The predicted molar refractivity (Wildman–Crippen MR) is 86.7 cm³/mol. The van der Waals surface area contributed by atoms with E-state index in [1.54, 1.807) is 12.1 Å². The first kappa shape index (κ1) is 17.3. The van der Waals surface area contributed by atoms with Crippen molar-refractivity contribution in [1.82, 2.24) is 4.90 Å². The molecule has 2 aliphatic rings. The van der Waals surface area contributed by atoms with Crippen LogP contribution in [0.25, 0.3) is 0 Å². The summed E-state index contributed by atoms with van der Waals surface area (Å²) in [5.74, 6) is 0.384. The number of halogens is 3. The Kier molecular flexibility index (Phi) is 4.60. The van der Waals surface area contributed by atoms with E-state index in [1.165, 1.54) is 0 Å². The van der Waals surface area contributed by atoms with Crippen LogP contribution in [0.15, 0.2) is 29.4 Å². The van der Waals surface area contributed by atoms with Crippen molar-refractivity contribution in [2.45, 2.75) is 51.4 Å². The largest absolute Gasteiger partial charge is 0.416 e. The van der Waals surface area contributed by atoms with Crippen molar-refractivity contribution in [2.75, 3.05) is 13.1 Å². The fourth-order valence-electron chi connectivity index (χ4n) is 3.46. The normalized spacial score (nSPS) is 25.2. The number of piperidine rings is 1. The lowest BCUT2D eigenvalue weighted by atomic mass is 9.85. The molecule has 132 valence electrons. The van der Waals surface area contributed by atoms with Crippen LogP contribution in [0.1, 0.15) is 44.2 Å². The summed E-state index contributed by atoms with van der Waals surface area (Å²) in [6.07, 6.45) is -1.43. The molecule has 1 fully saturated rings. The first-order chi connectivity index (χ1) is 11.3. The fraction of sp³-hybridized carbons (Fsp3) is 0.611. The van der Waals surface area contributed by atoms with Crippen molar-refractivity contribution in [1.29, 1.82) is 0 Å². The second kappa shape index (κ2) is 6.39. The monoisotopic (exact) mass is 340 g/mol. The zero-order valence-corrected chi connectivity index (χ0v) is 14.1. The van der Waals surface area contributed by atoms with Crippen LogP contribution in [-0.2, 0) is 17.6 Å². The third kappa shape index (κ3) is 3.74. The highest BCUT2D eigenvalue weighted by molar-refractivity contribution is 5.87. The molecule has 0 aromatic heterocycles. The Hall–Kier alpha value is -1.56. The lowest BCUT2D eigenvalue weighted by Gasteiger charge is -2.38. The van der Waals surface area contributed by atoms with Gasteiger partial charge < -0.3 is 4.84 Å². The summed E-state index contributed by atoms with van der Waals surface area (Å²) in [5, 5.41) is 4.26. The molecule has 1 spiro atoms. The van der Waals surface area contributed by atoms with Crippen LogP contribution in [0.5, 0.6) is 0 Å². The van der Waals surface area contributed by atoms with E-state index in [0.717, 1.165) is 55.8 Å². The number of benzene rings is 1. The first-order valence-electron chi connectivity index (χ1n) is 8.41. The van der Waals surface area contributed by atoms with Gasteiger partial charge in [0.2, 0.25) is 0 Å². The highest BCUT2D eigenvalue weighted by Crippen LogP contribution is 2.35. The Morgan fingerprint density at radius 1 is 1.25 bits per heavy atom. The Morgan fingerprint density at radius 2 is 1.96 bits per heavy atom. The van der Waals surface area contributed by atoms with Crippen molar-refractivity contribution in [3.63, 3.8) is 0 Å². The van der Waals surface area contributed by atoms with E-state index in [4.69, 9.17) is 4.84 Å². The fourth-order valence-corrected chi connectivity index (χ4v) is 3.46. The number of rotatable bonds is 3. The lowest BCUT2D eigenvalue weighted by molar-refractivity contribution is -0.137. The zero-order valence-electron chi connectivity index (χ0n) is 14.1. The molecule has 1 atom stereocenters. The van der Waals surface area contributed by atoms with Gasteiger partial charge in [-0.2, -0.15) is 13.2 Å². The number of likely N-dealkylation sites (tertiary alicyclic amines) is 1. The molecule has 0 N–H and O–H groups in total. The molecule has 1 unspecified atom stereocenters. The minimum Gasteiger partial charge on any atom is -0.387 e. The highest BCUT2D eigenvalue weighted by Gasteiger charge is 2.43. The van der Waals surface area contributed by atoms with Crippen LogP contribution in [-0.4, -0.2) is 29.3 Å². The Balaban J connectivity index is 1.62. The van der Waals surface area contributed by atoms with Crippen molar-refractivity contribution in [3.05, 3.63) is 35.4 Å². The van der Waals surface area contributed by atoms with E-state index >= 15 is 0 Å². The third-order valence-corrected chi connectivity index (χ3v) is 4.83. The van der Waals surface area contributed by atoms with Crippen LogP contribution in [0, 0.1) is 5.92 Å². The molecule has 6 heteroatoms. The molecule has 24 heavy (non-hydrogen) atoms. The summed E-state index contributed by atoms with van der Waals surface area (Å²) in [5.41, 5.74) is 1.15. The average molecular weight is 340 g/mol. The highest BCUT2D eigenvalue weighted by atomic mass is 19.4. The van der Waals surface area contributed by atoms with E-state index in [9.17, 15) is 13.2 Å². The quantitative estimate of drug-likeness (QED) is 0.811. The molecular formula is C18H23F3N2O. The van der Waals surface area contributed by atoms with Gasteiger partial charge in [0.05, 0.1) is 11.3 Å². The van der Waals surface area contributed by atoms with Crippen LogP contribution in [0.2, 0.25) is 0 Å². The third-order valence-electron chi connectivity index (χ3n) is 4.83. The molecule has 0 radical (unpaired) electrons. The van der Waals surface area contributed by atoms with Crippen molar-refractivity contribution in [3.8, 4) is 0 Å². The van der Waals surface area contributed by atoms with Crippen LogP contribution < -0.4 is 0 Å². The van der Waals surface area contributed by atoms with Crippen molar-refractivity contribution in [2.24, 2.45) is 11.1 Å². The van der Waals surface area contributed by atoms with Gasteiger partial charge in [0.25, 0.3) is 0 Å². The topological polar surface area (TPSA) is 24.8 Å². The molecule has 2 aliphatic heterocycles. The average Bonchev–Trinajstić information content (AvgIpc) is 2.91. The maximum atomic E-state index is 12.6. The van der Waals surface area contributed by atoms with Gasteiger partial charge in [0.1, 0.15) is 0 Å². The maximum Gasteiger partial charge on any atom is 0.416 e. The minimum absolute atomic E-state index is 0.246. The molecule has 1 aromatic rings. The molecule has 2 heterocycles. The Bertz CT molecular complexity index is 610. The molecule has 3 nitrogen and oxygen atoms in total. The SMILES string of the molecule is CC(C)C1=NOC2(CCCN(Cc3ccc(C(F)(F)F)cc3)C2)C1. The Labute approximate surface area is 140 Å². The van der Waals surface area contributed by atoms with Crippen LogP contribution >= 0.6 is 0 Å². The van der Waals surface area contributed by atoms with Crippen LogP contribution in [0.4, 0.5) is 13.2 Å². The van der Waals surface area contributed by atoms with E-state index in [-0.39, 0.29) is 5.60 Å². The summed E-state index contributed by atoms with van der Waals surface area (Å²) < 4.78 is 37.9. The Morgan fingerprint density at radius 3 is 2.54 bits per heavy atom. The molecule has 0 bridgehead atoms. The van der Waals surface area contributed by atoms with E-state index in [2.05, 4.69) is 23.9 Å². The summed E-state index contributed by atoms with van der Waals surface area (Å²) in [7, 11) is 0. The smallest absolute Gasteiger partial charge is 0.387 e. The van der Waals surface area contributed by atoms with Gasteiger partial charge >= 0.3 is 6.18 Å². The second-order valence-corrected chi connectivity index (χ2v) is 7.20. The molecular weight excluding hydrogens is 317 g/mol. The van der Waals surface area contributed by atoms with Crippen LogP contribution in [0.3, 0.4) is 0 Å². The van der Waals surface area contributed by atoms with Crippen molar-refractivity contribution < 1.29 is 18.0 Å². The van der Waals surface area contributed by atoms with Gasteiger partial charge in [0, 0.05) is 19.5 Å². The molecule has 0 saturated carbocycles. The first-order valence-corrected chi connectivity index (χ1v) is 8.41. The molecule has 1 saturated heterocycles. The van der Waals surface area contributed by atoms with Gasteiger partial charge in [-0.15, -0.1) is 0 Å². The molecule has 0 amide bonds. The number of alkyl halides is 3. The summed E-state index contributed by atoms with van der Waals surface area (Å²) >= 11 is 0. The number of hydrogen-bond donors (Lipinski definition) is 0. The number of hydrogen-bond acceptors (Lipinski definition) is 3. The zero-order chi connectivity index (χ0) is 17.4. The van der Waals surface area contributed by atoms with E-state index < -0.39 is 11.7 Å². The summed E-state index contributed by atoms with van der Waals surface area (Å²) in [4.78, 5) is 8.04. The maximum absolute atomic E-state index is 12.6. The molecule has 3 rings (SSSR count). The lowest BCUT2D eigenvalue weighted by Crippen LogP contribution is -2.48. The van der Waals surface area contributed by atoms with Gasteiger partial charge in [-0.1, -0.05) is 31.1 Å². The van der Waals surface area contributed by atoms with Gasteiger partial charge in [0.15, 0.2) is 5.60 Å². The van der Waals surface area contributed by atoms with Gasteiger partial charge in [-0.3, -0.25) is 4.90 Å². The molecule has 0 aliphatic carbocycles. The predicted octanol–water partition coefficient (Wildman–Crippen LogP) is 4.47. The minimum atomic E-state index is -4.28. The van der Waals surface area contributed by atoms with Gasteiger partial charge in [-0.05, 0) is 43.0 Å². The number of nitrogens with zero attached hydrogens (tertiary/aromatic N) is 2. The summed E-state index contributed by atoms with van der Waals surface area (Å²) in [6, 6.07) is 5.44. The second-order valence-electron chi connectivity index (χ2n) is 7.20.